The van der Waals surface area contributed by atoms with Gasteiger partial charge >= 0.3 is 5.97 Å². The maximum absolute atomic E-state index is 11.5. The minimum Gasteiger partial charge on any atom is -0.481 e. The molecule has 20 heavy (non-hydrogen) atoms. The highest BCUT2D eigenvalue weighted by Gasteiger charge is 2.30. The summed E-state index contributed by atoms with van der Waals surface area (Å²) in [6, 6.07) is 8.62. The van der Waals surface area contributed by atoms with Crippen molar-refractivity contribution in [3.05, 3.63) is 35.4 Å². The lowest BCUT2D eigenvalue weighted by Gasteiger charge is -2.24. The summed E-state index contributed by atoms with van der Waals surface area (Å²) in [4.78, 5) is 11.5. The fraction of sp³-hybridized carbons (Fsp3) is 0.611. The maximum Gasteiger partial charge on any atom is 0.307 e. The van der Waals surface area contributed by atoms with E-state index in [0.29, 0.717) is 0 Å². The second-order valence-corrected chi connectivity index (χ2v) is 7.06. The molecule has 2 rings (SSSR count). The van der Waals surface area contributed by atoms with Gasteiger partial charge in [-0.15, -0.1) is 0 Å². The smallest absolute Gasteiger partial charge is 0.307 e. The van der Waals surface area contributed by atoms with Gasteiger partial charge in [-0.1, -0.05) is 64.3 Å². The van der Waals surface area contributed by atoms with Crippen molar-refractivity contribution in [1.82, 2.24) is 0 Å². The Bertz CT molecular complexity index is 453. The van der Waals surface area contributed by atoms with Gasteiger partial charge in [-0.2, -0.15) is 0 Å². The van der Waals surface area contributed by atoms with Crippen molar-refractivity contribution in [1.29, 1.82) is 0 Å². The molecule has 0 aliphatic heterocycles. The monoisotopic (exact) mass is 274 g/mol. The lowest BCUT2D eigenvalue weighted by molar-refractivity contribution is -0.142. The zero-order valence-electron chi connectivity index (χ0n) is 12.9. The normalized spacial score (nSPS) is 24.1. The predicted octanol–water partition coefficient (Wildman–Crippen LogP) is 4.73. The van der Waals surface area contributed by atoms with E-state index >= 15 is 0 Å². The number of carbonyl (C=O) groups is 1. The van der Waals surface area contributed by atoms with Gasteiger partial charge in [0.2, 0.25) is 0 Å². The fourth-order valence-electron chi connectivity index (χ4n) is 3.23. The van der Waals surface area contributed by atoms with Crippen molar-refractivity contribution in [2.45, 2.75) is 64.2 Å². The number of hydrogen-bond acceptors (Lipinski definition) is 1. The van der Waals surface area contributed by atoms with E-state index in [0.717, 1.165) is 25.7 Å². The van der Waals surface area contributed by atoms with Crippen LogP contribution in [0.4, 0.5) is 0 Å². The fourth-order valence-corrected chi connectivity index (χ4v) is 3.23. The van der Waals surface area contributed by atoms with Crippen molar-refractivity contribution in [3.8, 4) is 0 Å². The first-order chi connectivity index (χ1) is 9.39. The quantitative estimate of drug-likeness (QED) is 0.791. The Labute approximate surface area is 122 Å². The molecule has 1 aromatic carbocycles. The molecule has 2 atom stereocenters. The van der Waals surface area contributed by atoms with Crippen molar-refractivity contribution in [2.24, 2.45) is 5.92 Å². The lowest BCUT2D eigenvalue weighted by Crippen LogP contribution is -2.21. The Morgan fingerprint density at radius 1 is 1.05 bits per heavy atom. The van der Waals surface area contributed by atoms with Gasteiger partial charge in [-0.3, -0.25) is 4.79 Å². The van der Waals surface area contributed by atoms with Crippen LogP contribution in [-0.4, -0.2) is 11.1 Å². The summed E-state index contributed by atoms with van der Waals surface area (Å²) >= 11 is 0. The number of carboxylic acid groups (broad SMARTS) is 1. The summed E-state index contributed by atoms with van der Waals surface area (Å²) in [5, 5.41) is 9.48. The average molecular weight is 274 g/mol. The van der Waals surface area contributed by atoms with Crippen molar-refractivity contribution in [2.75, 3.05) is 0 Å². The van der Waals surface area contributed by atoms with Gasteiger partial charge in [0.15, 0.2) is 0 Å². The summed E-state index contributed by atoms with van der Waals surface area (Å²) in [7, 11) is 0. The minimum atomic E-state index is -0.628. The van der Waals surface area contributed by atoms with E-state index in [-0.39, 0.29) is 17.3 Å². The molecule has 0 saturated heterocycles. The Balaban J connectivity index is 2.25. The Morgan fingerprint density at radius 3 is 2.20 bits per heavy atom. The highest BCUT2D eigenvalue weighted by Crippen LogP contribution is 2.37. The van der Waals surface area contributed by atoms with Crippen LogP contribution in [0.1, 0.15) is 69.9 Å². The third-order valence-corrected chi connectivity index (χ3v) is 4.54. The molecule has 110 valence electrons. The predicted molar refractivity (Wildman–Crippen MR) is 82.1 cm³/mol. The van der Waals surface area contributed by atoms with Gasteiger partial charge in [-0.05, 0) is 35.3 Å². The third kappa shape index (κ3) is 3.41. The minimum absolute atomic E-state index is 0.147. The van der Waals surface area contributed by atoms with Crippen LogP contribution in [0.25, 0.3) is 0 Å². The van der Waals surface area contributed by atoms with Crippen molar-refractivity contribution < 1.29 is 9.90 Å². The summed E-state index contributed by atoms with van der Waals surface area (Å²) < 4.78 is 0. The van der Waals surface area contributed by atoms with E-state index in [4.69, 9.17) is 0 Å². The molecule has 1 N–H and O–H groups in total. The molecule has 1 saturated carbocycles. The molecule has 0 aromatic heterocycles. The Kier molecular flexibility index (Phi) is 4.52. The van der Waals surface area contributed by atoms with Crippen LogP contribution in [0.5, 0.6) is 0 Å². The Morgan fingerprint density at radius 2 is 1.65 bits per heavy atom. The standard InChI is InChI=1S/C18H26O2/c1-18(2,3)14-11-9-13(10-12-14)15-7-5-4-6-8-16(15)17(19)20/h9-12,15-16H,4-8H2,1-3H3,(H,19,20). The summed E-state index contributed by atoms with van der Waals surface area (Å²) in [5.74, 6) is -0.654. The van der Waals surface area contributed by atoms with Gasteiger partial charge in [0.25, 0.3) is 0 Å². The molecule has 0 amide bonds. The van der Waals surface area contributed by atoms with Crippen molar-refractivity contribution in [3.63, 3.8) is 0 Å². The van der Waals surface area contributed by atoms with E-state index in [1.54, 1.807) is 0 Å². The molecule has 1 fully saturated rings. The van der Waals surface area contributed by atoms with Crippen molar-refractivity contribution >= 4 is 5.97 Å². The number of hydrogen-bond donors (Lipinski definition) is 1. The van der Waals surface area contributed by atoms with Crippen LogP contribution in [0, 0.1) is 5.92 Å². The van der Waals surface area contributed by atoms with Crippen LogP contribution in [0.15, 0.2) is 24.3 Å². The summed E-state index contributed by atoms with van der Waals surface area (Å²) in [6.07, 6.45) is 5.19. The van der Waals surface area contributed by atoms with Gasteiger partial charge in [0.1, 0.15) is 0 Å². The van der Waals surface area contributed by atoms with E-state index in [9.17, 15) is 9.90 Å². The van der Waals surface area contributed by atoms with E-state index in [1.165, 1.54) is 17.5 Å². The molecule has 0 radical (unpaired) electrons. The number of carboxylic acids is 1. The highest BCUT2D eigenvalue weighted by atomic mass is 16.4. The van der Waals surface area contributed by atoms with Crippen LogP contribution in [0.3, 0.4) is 0 Å². The molecule has 0 spiro atoms. The van der Waals surface area contributed by atoms with E-state index in [1.807, 2.05) is 0 Å². The molecule has 0 bridgehead atoms. The van der Waals surface area contributed by atoms with Crippen LogP contribution < -0.4 is 0 Å². The largest absolute Gasteiger partial charge is 0.481 e. The third-order valence-electron chi connectivity index (χ3n) is 4.54. The first-order valence-corrected chi connectivity index (χ1v) is 7.73. The van der Waals surface area contributed by atoms with Gasteiger partial charge in [-0.25, -0.2) is 0 Å². The molecular weight excluding hydrogens is 248 g/mol. The molecule has 2 heteroatoms. The second-order valence-electron chi connectivity index (χ2n) is 7.06. The number of benzene rings is 1. The molecule has 1 aliphatic carbocycles. The van der Waals surface area contributed by atoms with Gasteiger partial charge < -0.3 is 5.11 Å². The second kappa shape index (κ2) is 5.99. The van der Waals surface area contributed by atoms with Crippen LogP contribution >= 0.6 is 0 Å². The zero-order valence-corrected chi connectivity index (χ0v) is 12.9. The molecule has 1 aromatic rings. The number of aliphatic carboxylic acids is 1. The molecule has 1 aliphatic rings. The maximum atomic E-state index is 11.5. The SMILES string of the molecule is CC(C)(C)c1ccc(C2CCCCCC2C(=O)O)cc1. The molecule has 0 heterocycles. The zero-order chi connectivity index (χ0) is 14.8. The summed E-state index contributed by atoms with van der Waals surface area (Å²) in [5.41, 5.74) is 2.66. The molecule has 2 unspecified atom stereocenters. The first-order valence-electron chi connectivity index (χ1n) is 7.73. The first kappa shape index (κ1) is 15.1. The van der Waals surface area contributed by atoms with Crippen LogP contribution in [-0.2, 0) is 10.2 Å². The van der Waals surface area contributed by atoms with E-state index < -0.39 is 5.97 Å². The molecule has 2 nitrogen and oxygen atoms in total. The topological polar surface area (TPSA) is 37.3 Å². The summed E-state index contributed by atoms with van der Waals surface area (Å²) in [6.45, 7) is 6.61. The van der Waals surface area contributed by atoms with Crippen LogP contribution in [0.2, 0.25) is 0 Å². The Hall–Kier alpha value is -1.31. The lowest BCUT2D eigenvalue weighted by atomic mass is 9.80. The molecular formula is C18H26O2. The van der Waals surface area contributed by atoms with Gasteiger partial charge in [0, 0.05) is 0 Å². The van der Waals surface area contributed by atoms with Gasteiger partial charge in [0.05, 0.1) is 5.92 Å². The highest BCUT2D eigenvalue weighted by molar-refractivity contribution is 5.71. The number of rotatable bonds is 2. The average Bonchev–Trinajstić information content (AvgIpc) is 2.63. The van der Waals surface area contributed by atoms with E-state index in [2.05, 4.69) is 45.0 Å².